The lowest BCUT2D eigenvalue weighted by Crippen LogP contribution is -2.38. The molecule has 21 heavy (non-hydrogen) atoms. The van der Waals surface area contributed by atoms with Crippen molar-refractivity contribution in [3.63, 3.8) is 0 Å². The molecule has 1 aromatic rings. The number of hydrogen-bond acceptors (Lipinski definition) is 3. The number of aromatic nitrogens is 1. The van der Waals surface area contributed by atoms with Crippen molar-refractivity contribution in [3.8, 4) is 0 Å². The van der Waals surface area contributed by atoms with Gasteiger partial charge in [-0.2, -0.15) is 0 Å². The second kappa shape index (κ2) is 4.98. The van der Waals surface area contributed by atoms with E-state index in [4.69, 9.17) is 0 Å². The standard InChI is InChI=1S/C14H16FN3O3/c15-10-4-11(6-16-5-10)17-13(21)18-7-9-2-1-3-14(9,8-18)12(19)20/h4-6,9H,1-3,7-8H2,(H,17,21)(H,19,20)/t9-,14+/m0/s1. The van der Waals surface area contributed by atoms with Gasteiger partial charge in [0.05, 0.1) is 23.5 Å². The van der Waals surface area contributed by atoms with Crippen molar-refractivity contribution in [1.29, 1.82) is 0 Å². The summed E-state index contributed by atoms with van der Waals surface area (Å²) >= 11 is 0. The van der Waals surface area contributed by atoms with Crippen LogP contribution in [0.25, 0.3) is 0 Å². The van der Waals surface area contributed by atoms with Crippen LogP contribution in [0.3, 0.4) is 0 Å². The van der Waals surface area contributed by atoms with E-state index in [1.165, 1.54) is 17.2 Å². The minimum atomic E-state index is -0.826. The van der Waals surface area contributed by atoms with Gasteiger partial charge in [0.15, 0.2) is 0 Å². The molecule has 1 aliphatic heterocycles. The predicted octanol–water partition coefficient (Wildman–Crippen LogP) is 1.94. The number of rotatable bonds is 2. The number of pyridine rings is 1. The van der Waals surface area contributed by atoms with Crippen LogP contribution in [0.1, 0.15) is 19.3 Å². The third-order valence-corrected chi connectivity index (χ3v) is 4.54. The number of fused-ring (bicyclic) bond motifs is 1. The van der Waals surface area contributed by atoms with E-state index in [0.29, 0.717) is 13.0 Å². The Hall–Kier alpha value is -2.18. The van der Waals surface area contributed by atoms with Gasteiger partial charge in [-0.05, 0) is 18.8 Å². The van der Waals surface area contributed by atoms with Crippen LogP contribution in [-0.2, 0) is 4.79 Å². The minimum Gasteiger partial charge on any atom is -0.481 e. The van der Waals surface area contributed by atoms with E-state index < -0.39 is 23.2 Å². The number of anilines is 1. The molecule has 2 atom stereocenters. The van der Waals surface area contributed by atoms with Gasteiger partial charge in [-0.25, -0.2) is 9.18 Å². The van der Waals surface area contributed by atoms with Gasteiger partial charge in [0, 0.05) is 19.2 Å². The molecular formula is C14H16FN3O3. The number of carboxylic acids is 1. The third-order valence-electron chi connectivity index (χ3n) is 4.54. The fraction of sp³-hybridized carbons (Fsp3) is 0.500. The van der Waals surface area contributed by atoms with Crippen LogP contribution in [0, 0.1) is 17.2 Å². The molecule has 0 spiro atoms. The molecule has 2 heterocycles. The van der Waals surface area contributed by atoms with E-state index in [-0.39, 0.29) is 18.2 Å². The Labute approximate surface area is 121 Å². The molecule has 2 amide bonds. The van der Waals surface area contributed by atoms with Crippen molar-refractivity contribution >= 4 is 17.7 Å². The first-order valence-electron chi connectivity index (χ1n) is 6.91. The molecule has 1 aliphatic carbocycles. The van der Waals surface area contributed by atoms with Crippen LogP contribution in [-0.4, -0.2) is 40.1 Å². The second-order valence-corrected chi connectivity index (χ2v) is 5.75. The zero-order chi connectivity index (χ0) is 15.0. The Morgan fingerprint density at radius 1 is 1.48 bits per heavy atom. The summed E-state index contributed by atoms with van der Waals surface area (Å²) in [6, 6.07) is 0.770. The SMILES string of the molecule is O=C(Nc1cncc(F)c1)N1C[C@@H]2CCC[C@@]2(C(=O)O)C1. The van der Waals surface area contributed by atoms with Gasteiger partial charge in [0.1, 0.15) is 5.82 Å². The zero-order valence-corrected chi connectivity index (χ0v) is 11.4. The topological polar surface area (TPSA) is 82.5 Å². The molecular weight excluding hydrogens is 277 g/mol. The zero-order valence-electron chi connectivity index (χ0n) is 11.4. The van der Waals surface area contributed by atoms with Crippen molar-refractivity contribution in [2.75, 3.05) is 18.4 Å². The fourth-order valence-corrected chi connectivity index (χ4v) is 3.48. The number of carboxylic acid groups (broad SMARTS) is 1. The molecule has 112 valence electrons. The molecule has 0 radical (unpaired) electrons. The summed E-state index contributed by atoms with van der Waals surface area (Å²) < 4.78 is 13.0. The van der Waals surface area contributed by atoms with Gasteiger partial charge in [0.25, 0.3) is 0 Å². The van der Waals surface area contributed by atoms with Crippen molar-refractivity contribution < 1.29 is 19.1 Å². The van der Waals surface area contributed by atoms with Gasteiger partial charge in [-0.1, -0.05) is 6.42 Å². The average molecular weight is 293 g/mol. The molecule has 1 saturated heterocycles. The highest BCUT2D eigenvalue weighted by Crippen LogP contribution is 2.48. The van der Waals surface area contributed by atoms with Crippen LogP contribution in [0.5, 0.6) is 0 Å². The van der Waals surface area contributed by atoms with Gasteiger partial charge < -0.3 is 15.3 Å². The van der Waals surface area contributed by atoms with E-state index >= 15 is 0 Å². The van der Waals surface area contributed by atoms with Gasteiger partial charge >= 0.3 is 12.0 Å². The van der Waals surface area contributed by atoms with E-state index in [9.17, 15) is 19.1 Å². The van der Waals surface area contributed by atoms with Crippen LogP contribution < -0.4 is 5.32 Å². The minimum absolute atomic E-state index is 0.00591. The van der Waals surface area contributed by atoms with Gasteiger partial charge in [-0.3, -0.25) is 9.78 Å². The molecule has 1 saturated carbocycles. The first kappa shape index (κ1) is 13.8. The number of aliphatic carboxylic acids is 1. The molecule has 6 nitrogen and oxygen atoms in total. The predicted molar refractivity (Wildman–Crippen MR) is 72.2 cm³/mol. The van der Waals surface area contributed by atoms with E-state index in [0.717, 1.165) is 19.0 Å². The molecule has 0 aromatic carbocycles. The normalized spacial score (nSPS) is 27.5. The van der Waals surface area contributed by atoms with E-state index in [2.05, 4.69) is 10.3 Å². The third kappa shape index (κ3) is 2.32. The molecule has 2 fully saturated rings. The van der Waals surface area contributed by atoms with Crippen LogP contribution in [0.15, 0.2) is 18.5 Å². The Morgan fingerprint density at radius 3 is 2.95 bits per heavy atom. The van der Waals surface area contributed by atoms with Crippen LogP contribution in [0.2, 0.25) is 0 Å². The largest absolute Gasteiger partial charge is 0.481 e. The smallest absolute Gasteiger partial charge is 0.321 e. The molecule has 7 heteroatoms. The highest BCUT2D eigenvalue weighted by molar-refractivity contribution is 5.90. The highest BCUT2D eigenvalue weighted by Gasteiger charge is 2.55. The first-order chi connectivity index (χ1) is 10.0. The number of urea groups is 1. The molecule has 2 aliphatic rings. The maximum atomic E-state index is 13.0. The summed E-state index contributed by atoms with van der Waals surface area (Å²) in [7, 11) is 0. The highest BCUT2D eigenvalue weighted by atomic mass is 19.1. The summed E-state index contributed by atoms with van der Waals surface area (Å²) in [6.07, 6.45) is 4.73. The van der Waals surface area contributed by atoms with E-state index in [1.807, 2.05) is 0 Å². The number of nitrogens with one attached hydrogen (secondary N) is 1. The summed E-state index contributed by atoms with van der Waals surface area (Å²) in [5.41, 5.74) is -0.543. The second-order valence-electron chi connectivity index (χ2n) is 5.75. The quantitative estimate of drug-likeness (QED) is 0.873. The number of carbonyl (C=O) groups is 2. The van der Waals surface area contributed by atoms with Crippen molar-refractivity contribution in [1.82, 2.24) is 9.88 Å². The molecule has 3 rings (SSSR count). The number of halogens is 1. The Kier molecular flexibility index (Phi) is 3.27. The number of amides is 2. The number of carbonyl (C=O) groups excluding carboxylic acids is 1. The summed E-state index contributed by atoms with van der Waals surface area (Å²) in [5.74, 6) is -1.35. The fourth-order valence-electron chi connectivity index (χ4n) is 3.48. The van der Waals surface area contributed by atoms with Crippen LogP contribution in [0.4, 0.5) is 14.9 Å². The Morgan fingerprint density at radius 2 is 2.29 bits per heavy atom. The summed E-state index contributed by atoms with van der Waals surface area (Å²) in [5, 5.41) is 12.0. The molecule has 2 N–H and O–H groups in total. The maximum Gasteiger partial charge on any atom is 0.321 e. The van der Waals surface area contributed by atoms with Gasteiger partial charge in [0.2, 0.25) is 0 Å². The summed E-state index contributed by atoms with van der Waals surface area (Å²) in [6.45, 7) is 0.641. The monoisotopic (exact) mass is 293 g/mol. The maximum absolute atomic E-state index is 13.0. The van der Waals surface area contributed by atoms with Crippen molar-refractivity contribution in [2.45, 2.75) is 19.3 Å². The number of hydrogen-bond donors (Lipinski definition) is 2. The van der Waals surface area contributed by atoms with Crippen molar-refractivity contribution in [2.24, 2.45) is 11.3 Å². The lowest BCUT2D eigenvalue weighted by molar-refractivity contribution is -0.149. The Balaban J connectivity index is 1.71. The van der Waals surface area contributed by atoms with E-state index in [1.54, 1.807) is 0 Å². The first-order valence-corrected chi connectivity index (χ1v) is 6.91. The summed E-state index contributed by atoms with van der Waals surface area (Å²) in [4.78, 5) is 28.9. The lowest BCUT2D eigenvalue weighted by Gasteiger charge is -2.23. The average Bonchev–Trinajstić information content (AvgIpc) is 2.95. The van der Waals surface area contributed by atoms with Crippen molar-refractivity contribution in [3.05, 3.63) is 24.3 Å². The molecule has 0 bridgehead atoms. The van der Waals surface area contributed by atoms with Gasteiger partial charge in [-0.15, -0.1) is 0 Å². The number of nitrogens with zero attached hydrogens (tertiary/aromatic N) is 2. The lowest BCUT2D eigenvalue weighted by atomic mass is 9.81. The molecule has 0 unspecified atom stereocenters. The number of likely N-dealkylation sites (tertiary alicyclic amines) is 1. The van der Waals surface area contributed by atoms with Crippen LogP contribution >= 0.6 is 0 Å². The Bertz CT molecular complexity index is 595. The molecule has 1 aromatic heterocycles.